The van der Waals surface area contributed by atoms with Crippen LogP contribution in [0.4, 0.5) is 0 Å². The van der Waals surface area contributed by atoms with Gasteiger partial charge in [-0.25, -0.2) is 0 Å². The highest BCUT2D eigenvalue weighted by molar-refractivity contribution is 9.10. The van der Waals surface area contributed by atoms with Crippen LogP contribution in [0.2, 0.25) is 0 Å². The van der Waals surface area contributed by atoms with Gasteiger partial charge in [0.15, 0.2) is 0 Å². The topological polar surface area (TPSA) is 0 Å². The van der Waals surface area contributed by atoms with Gasteiger partial charge in [0, 0.05) is 10.7 Å². The van der Waals surface area contributed by atoms with E-state index in [4.69, 9.17) is 23.2 Å². The van der Waals surface area contributed by atoms with Gasteiger partial charge in [-0.3, -0.25) is 0 Å². The van der Waals surface area contributed by atoms with Crippen LogP contribution in [0.3, 0.4) is 0 Å². The number of hydrogen-bond donors (Lipinski definition) is 0. The minimum absolute atomic E-state index is 0.00236. The van der Waals surface area contributed by atoms with Crippen LogP contribution in [0.5, 0.6) is 0 Å². The van der Waals surface area contributed by atoms with Crippen molar-refractivity contribution in [2.45, 2.75) is 16.1 Å². The Bertz CT molecular complexity index is 58.0. The van der Waals surface area contributed by atoms with E-state index in [1.165, 1.54) is 0 Å². The summed E-state index contributed by atoms with van der Waals surface area (Å²) in [7, 11) is 0. The second kappa shape index (κ2) is 5.33. The highest BCUT2D eigenvalue weighted by Gasteiger charge is 2.06. The fraction of sp³-hybridized carbons (Fsp3) is 1.00. The van der Waals surface area contributed by atoms with Gasteiger partial charge in [0.05, 0.1) is 4.29 Å². The zero-order valence-corrected chi connectivity index (χ0v) is 8.76. The molecular weight excluding hydrogens is 279 g/mol. The smallest absolute Gasteiger partial charge is 0.0900 e. The molecule has 0 nitrogen and oxygen atoms in total. The first-order valence-electron chi connectivity index (χ1n) is 2.15. The lowest BCUT2D eigenvalue weighted by molar-refractivity contribution is 0.896. The first kappa shape index (κ1) is 9.54. The maximum atomic E-state index is 5.70. The Balaban J connectivity index is 3.10. The number of halogens is 4. The molecule has 0 heterocycles. The van der Waals surface area contributed by atoms with Crippen LogP contribution < -0.4 is 0 Å². The zero-order valence-electron chi connectivity index (χ0n) is 4.08. The van der Waals surface area contributed by atoms with Gasteiger partial charge in [-0.15, -0.1) is 23.2 Å². The Morgan fingerprint density at radius 3 is 2.00 bits per heavy atom. The van der Waals surface area contributed by atoms with Crippen LogP contribution in [0.1, 0.15) is 6.42 Å². The molecule has 2 unspecified atom stereocenters. The molecule has 0 rings (SSSR count). The molecule has 2 atom stereocenters. The molecule has 0 aliphatic heterocycles. The van der Waals surface area contributed by atoms with E-state index in [9.17, 15) is 0 Å². The molecule has 4 heteroatoms. The molecule has 0 radical (unpaired) electrons. The summed E-state index contributed by atoms with van der Waals surface area (Å²) in [4.78, 5) is 0. The highest BCUT2D eigenvalue weighted by Crippen LogP contribution is 2.17. The van der Waals surface area contributed by atoms with E-state index in [-0.39, 0.29) is 9.66 Å². The minimum atomic E-state index is 0.00236. The third-order valence-corrected chi connectivity index (χ3v) is 2.64. The Kier molecular flexibility index (Phi) is 6.36. The summed E-state index contributed by atoms with van der Waals surface area (Å²) < 4.78 is 0.00236. The first-order chi connectivity index (χ1) is 3.66. The van der Waals surface area contributed by atoms with Gasteiger partial charge in [-0.1, -0.05) is 31.9 Å². The molecule has 0 aliphatic rings. The molecular formula is C4H6Br2Cl2. The minimum Gasteiger partial charge on any atom is -0.122 e. The third-order valence-electron chi connectivity index (χ3n) is 0.601. The predicted molar refractivity (Wildman–Crippen MR) is 46.6 cm³/mol. The van der Waals surface area contributed by atoms with Crippen LogP contribution in [0.25, 0.3) is 0 Å². The van der Waals surface area contributed by atoms with Crippen molar-refractivity contribution >= 4 is 55.1 Å². The van der Waals surface area contributed by atoms with Gasteiger partial charge in [0.1, 0.15) is 0 Å². The second-order valence-electron chi connectivity index (χ2n) is 1.38. The van der Waals surface area contributed by atoms with Crippen molar-refractivity contribution in [1.82, 2.24) is 0 Å². The van der Waals surface area contributed by atoms with Crippen molar-refractivity contribution in [2.75, 3.05) is 5.33 Å². The molecule has 8 heavy (non-hydrogen) atoms. The van der Waals surface area contributed by atoms with E-state index in [0.717, 1.165) is 11.8 Å². The molecule has 0 saturated carbocycles. The Hall–Kier alpha value is 1.54. The summed E-state index contributed by atoms with van der Waals surface area (Å²) in [6, 6.07) is 0. The van der Waals surface area contributed by atoms with Crippen LogP contribution in [-0.2, 0) is 0 Å². The highest BCUT2D eigenvalue weighted by atomic mass is 79.9. The van der Waals surface area contributed by atoms with Crippen LogP contribution in [0.15, 0.2) is 0 Å². The van der Waals surface area contributed by atoms with Gasteiger partial charge in [-0.05, 0) is 6.42 Å². The van der Waals surface area contributed by atoms with E-state index < -0.39 is 0 Å². The van der Waals surface area contributed by atoms with Crippen LogP contribution in [0, 0.1) is 0 Å². The second-order valence-corrected chi connectivity index (χ2v) is 4.80. The fourth-order valence-corrected chi connectivity index (χ4v) is 1.67. The van der Waals surface area contributed by atoms with E-state index in [2.05, 4.69) is 31.9 Å². The fourth-order valence-electron chi connectivity index (χ4n) is 0.256. The quantitative estimate of drug-likeness (QED) is 0.698. The average Bonchev–Trinajstić information content (AvgIpc) is 1.65. The number of hydrogen-bond acceptors (Lipinski definition) is 0. The van der Waals surface area contributed by atoms with Crippen LogP contribution >= 0.6 is 55.1 Å². The Labute approximate surface area is 76.2 Å². The SMILES string of the molecule is ClC(Br)CC(Cl)CBr. The van der Waals surface area contributed by atoms with Crippen molar-refractivity contribution in [3.05, 3.63) is 0 Å². The van der Waals surface area contributed by atoms with Crippen molar-refractivity contribution in [3.8, 4) is 0 Å². The normalized spacial score (nSPS) is 18.0. The molecule has 0 aliphatic carbocycles. The van der Waals surface area contributed by atoms with Gasteiger partial charge < -0.3 is 0 Å². The lowest BCUT2D eigenvalue weighted by Gasteiger charge is -2.03. The molecule has 0 bridgehead atoms. The van der Waals surface area contributed by atoms with Gasteiger partial charge >= 0.3 is 0 Å². The van der Waals surface area contributed by atoms with E-state index in [1.807, 2.05) is 0 Å². The predicted octanol–water partition coefficient (Wildman–Crippen LogP) is 3.34. The Morgan fingerprint density at radius 2 is 1.88 bits per heavy atom. The molecule has 0 aromatic rings. The molecule has 0 saturated heterocycles. The number of alkyl halides is 4. The molecule has 0 amide bonds. The summed E-state index contributed by atoms with van der Waals surface area (Å²) in [6.45, 7) is 0. The third kappa shape index (κ3) is 5.67. The maximum absolute atomic E-state index is 5.70. The summed E-state index contributed by atoms with van der Waals surface area (Å²) in [6.07, 6.45) is 0.786. The van der Waals surface area contributed by atoms with E-state index in [1.54, 1.807) is 0 Å². The molecule has 0 spiro atoms. The van der Waals surface area contributed by atoms with Crippen molar-refractivity contribution in [3.63, 3.8) is 0 Å². The maximum Gasteiger partial charge on any atom is 0.0900 e. The van der Waals surface area contributed by atoms with Gasteiger partial charge in [0.25, 0.3) is 0 Å². The van der Waals surface area contributed by atoms with Crippen molar-refractivity contribution in [1.29, 1.82) is 0 Å². The molecule has 0 aromatic heterocycles. The Morgan fingerprint density at radius 1 is 1.38 bits per heavy atom. The summed E-state index contributed by atoms with van der Waals surface area (Å²) in [5, 5.41) is 0.931. The van der Waals surface area contributed by atoms with E-state index in [0.29, 0.717) is 0 Å². The zero-order chi connectivity index (χ0) is 6.57. The number of rotatable bonds is 3. The van der Waals surface area contributed by atoms with Crippen molar-refractivity contribution < 1.29 is 0 Å². The summed E-state index contributed by atoms with van der Waals surface area (Å²) in [5.41, 5.74) is 0. The first-order valence-corrected chi connectivity index (χ1v) is 5.06. The molecule has 0 fully saturated rings. The molecule has 0 aromatic carbocycles. The van der Waals surface area contributed by atoms with Gasteiger partial charge in [-0.2, -0.15) is 0 Å². The largest absolute Gasteiger partial charge is 0.122 e. The molecule has 50 valence electrons. The monoisotopic (exact) mass is 282 g/mol. The van der Waals surface area contributed by atoms with Crippen molar-refractivity contribution in [2.24, 2.45) is 0 Å². The molecule has 0 N–H and O–H groups in total. The van der Waals surface area contributed by atoms with Gasteiger partial charge in [0.2, 0.25) is 0 Å². The summed E-state index contributed by atoms with van der Waals surface area (Å²) >= 11 is 17.7. The van der Waals surface area contributed by atoms with E-state index >= 15 is 0 Å². The summed E-state index contributed by atoms with van der Waals surface area (Å²) in [5.74, 6) is 0. The standard InChI is InChI=1S/C4H6Br2Cl2/c5-2-3(7)1-4(6)8/h3-4H,1-2H2. The van der Waals surface area contributed by atoms with Crippen LogP contribution in [-0.4, -0.2) is 15.0 Å². The lowest BCUT2D eigenvalue weighted by atomic mass is 10.4. The average molecular weight is 285 g/mol. The lowest BCUT2D eigenvalue weighted by Crippen LogP contribution is -2.03.